The van der Waals surface area contributed by atoms with Crippen molar-refractivity contribution in [2.24, 2.45) is 0 Å². The maximum atomic E-state index is 12.0. The summed E-state index contributed by atoms with van der Waals surface area (Å²) in [5, 5.41) is 20.6. The van der Waals surface area contributed by atoms with E-state index < -0.39 is 4.92 Å². The quantitative estimate of drug-likeness (QED) is 0.632. The summed E-state index contributed by atoms with van der Waals surface area (Å²) in [6, 6.07) is 12.7. The number of rotatable bonds is 4. The van der Waals surface area contributed by atoms with E-state index >= 15 is 0 Å². The number of nitro benzene ring substituents is 1. The molecule has 116 valence electrons. The Balaban J connectivity index is 2.42. The van der Waals surface area contributed by atoms with Gasteiger partial charge in [0.2, 0.25) is 5.91 Å². The van der Waals surface area contributed by atoms with Gasteiger partial charge in [-0.05, 0) is 23.8 Å². The summed E-state index contributed by atoms with van der Waals surface area (Å²) in [4.78, 5) is 23.6. The van der Waals surface area contributed by atoms with Crippen molar-refractivity contribution in [2.45, 2.75) is 13.5 Å². The Morgan fingerprint density at radius 1 is 1.30 bits per heavy atom. The number of nitrogens with zero attached hydrogens (tertiary/aromatic N) is 3. The summed E-state index contributed by atoms with van der Waals surface area (Å²) in [6.45, 7) is 1.61. The van der Waals surface area contributed by atoms with E-state index in [0.717, 1.165) is 11.6 Å². The van der Waals surface area contributed by atoms with E-state index in [4.69, 9.17) is 11.6 Å². The Hall–Kier alpha value is -2.91. The maximum Gasteiger partial charge on any atom is 0.270 e. The lowest BCUT2D eigenvalue weighted by Crippen LogP contribution is -2.28. The molecule has 1 amide bonds. The van der Waals surface area contributed by atoms with Gasteiger partial charge < -0.3 is 4.90 Å². The SMILES string of the molecule is CC(=O)N(Cc1ccc(Cl)cc1)c1ccc([N+](=O)[O-])cc1C#N. The van der Waals surface area contributed by atoms with Crippen molar-refractivity contribution in [2.75, 3.05) is 4.90 Å². The minimum atomic E-state index is -0.581. The van der Waals surface area contributed by atoms with Crippen LogP contribution in [0.4, 0.5) is 11.4 Å². The van der Waals surface area contributed by atoms with Crippen molar-refractivity contribution in [3.8, 4) is 6.07 Å². The summed E-state index contributed by atoms with van der Waals surface area (Å²) in [6.07, 6.45) is 0. The van der Waals surface area contributed by atoms with Crippen LogP contribution in [0.15, 0.2) is 42.5 Å². The number of anilines is 1. The molecule has 0 bridgehead atoms. The number of benzene rings is 2. The Morgan fingerprint density at radius 3 is 2.48 bits per heavy atom. The molecule has 0 saturated heterocycles. The minimum Gasteiger partial charge on any atom is -0.307 e. The third-order valence-corrected chi connectivity index (χ3v) is 3.49. The van der Waals surface area contributed by atoms with Gasteiger partial charge in [-0.15, -0.1) is 0 Å². The minimum absolute atomic E-state index is 0.0726. The molecule has 2 aromatic rings. The second-order valence-corrected chi connectivity index (χ2v) is 5.24. The average molecular weight is 330 g/mol. The molecule has 0 atom stereocenters. The van der Waals surface area contributed by atoms with Crippen LogP contribution in [0.2, 0.25) is 5.02 Å². The molecule has 0 aliphatic rings. The summed E-state index contributed by atoms with van der Waals surface area (Å²) in [5.41, 5.74) is 1.04. The second kappa shape index (κ2) is 6.90. The standard InChI is InChI=1S/C16H12ClN3O3/c1-11(21)19(10-12-2-4-14(17)5-3-12)16-7-6-15(20(22)23)8-13(16)9-18/h2-8H,10H2,1H3. The molecule has 6 nitrogen and oxygen atoms in total. The summed E-state index contributed by atoms with van der Waals surface area (Å²) in [5.74, 6) is -0.273. The molecule has 0 fully saturated rings. The number of nitro groups is 1. The molecule has 0 aliphatic heterocycles. The highest BCUT2D eigenvalue weighted by atomic mass is 35.5. The zero-order valence-electron chi connectivity index (χ0n) is 12.2. The zero-order valence-corrected chi connectivity index (χ0v) is 12.9. The van der Waals surface area contributed by atoms with Gasteiger partial charge in [-0.25, -0.2) is 0 Å². The Labute approximate surface area is 137 Å². The number of non-ortho nitro benzene ring substituents is 1. The highest BCUT2D eigenvalue weighted by Gasteiger charge is 2.19. The molecule has 0 aliphatic carbocycles. The van der Waals surface area contributed by atoms with Crippen molar-refractivity contribution < 1.29 is 9.72 Å². The molecule has 0 aromatic heterocycles. The van der Waals surface area contributed by atoms with E-state index in [0.29, 0.717) is 10.7 Å². The normalized spacial score (nSPS) is 9.96. The highest BCUT2D eigenvalue weighted by Crippen LogP contribution is 2.26. The molecule has 23 heavy (non-hydrogen) atoms. The lowest BCUT2D eigenvalue weighted by atomic mass is 10.1. The number of amides is 1. The summed E-state index contributed by atoms with van der Waals surface area (Å²) in [7, 11) is 0. The molecule has 0 heterocycles. The zero-order chi connectivity index (χ0) is 17.0. The van der Waals surface area contributed by atoms with Crippen LogP contribution in [-0.4, -0.2) is 10.8 Å². The topological polar surface area (TPSA) is 87.2 Å². The number of carbonyl (C=O) groups is 1. The van der Waals surface area contributed by atoms with Crippen LogP contribution >= 0.6 is 11.6 Å². The average Bonchev–Trinajstić information content (AvgIpc) is 2.53. The molecular weight excluding hydrogens is 318 g/mol. The largest absolute Gasteiger partial charge is 0.307 e. The van der Waals surface area contributed by atoms with Gasteiger partial charge in [-0.1, -0.05) is 23.7 Å². The van der Waals surface area contributed by atoms with E-state index in [1.165, 1.54) is 24.0 Å². The number of hydrogen-bond donors (Lipinski definition) is 0. The number of hydrogen-bond acceptors (Lipinski definition) is 4. The van der Waals surface area contributed by atoms with E-state index in [2.05, 4.69) is 0 Å². The van der Waals surface area contributed by atoms with Crippen LogP contribution in [0, 0.1) is 21.4 Å². The van der Waals surface area contributed by atoms with Gasteiger partial charge in [-0.3, -0.25) is 14.9 Å². The smallest absolute Gasteiger partial charge is 0.270 e. The molecule has 0 spiro atoms. The van der Waals surface area contributed by atoms with Crippen LogP contribution in [-0.2, 0) is 11.3 Å². The van der Waals surface area contributed by atoms with Crippen molar-refractivity contribution in [3.05, 3.63) is 68.7 Å². The van der Waals surface area contributed by atoms with Crippen LogP contribution in [0.1, 0.15) is 18.1 Å². The summed E-state index contributed by atoms with van der Waals surface area (Å²) < 4.78 is 0. The van der Waals surface area contributed by atoms with Gasteiger partial charge in [0.15, 0.2) is 0 Å². The molecular formula is C16H12ClN3O3. The third kappa shape index (κ3) is 3.84. The Bertz CT molecular complexity index is 797. The molecule has 7 heteroatoms. The van der Waals surface area contributed by atoms with Gasteiger partial charge in [0.1, 0.15) is 6.07 Å². The molecule has 2 rings (SSSR count). The fraction of sp³-hybridized carbons (Fsp3) is 0.125. The molecule has 0 radical (unpaired) electrons. The van der Waals surface area contributed by atoms with Gasteiger partial charge in [0.25, 0.3) is 5.69 Å². The van der Waals surface area contributed by atoms with Gasteiger partial charge >= 0.3 is 0 Å². The van der Waals surface area contributed by atoms with E-state index in [-0.39, 0.29) is 23.7 Å². The van der Waals surface area contributed by atoms with Crippen molar-refractivity contribution in [3.63, 3.8) is 0 Å². The van der Waals surface area contributed by atoms with Crippen LogP contribution in [0.3, 0.4) is 0 Å². The number of halogens is 1. The highest BCUT2D eigenvalue weighted by molar-refractivity contribution is 6.30. The van der Waals surface area contributed by atoms with Gasteiger partial charge in [0, 0.05) is 24.1 Å². The molecule has 0 saturated carbocycles. The third-order valence-electron chi connectivity index (χ3n) is 3.24. The van der Waals surface area contributed by atoms with Crippen molar-refractivity contribution >= 4 is 28.9 Å². The monoisotopic (exact) mass is 329 g/mol. The van der Waals surface area contributed by atoms with E-state index in [1.807, 2.05) is 6.07 Å². The number of carbonyl (C=O) groups excluding carboxylic acids is 1. The van der Waals surface area contributed by atoms with Crippen LogP contribution < -0.4 is 4.90 Å². The van der Waals surface area contributed by atoms with Crippen LogP contribution in [0.5, 0.6) is 0 Å². The fourth-order valence-corrected chi connectivity index (χ4v) is 2.23. The van der Waals surface area contributed by atoms with Gasteiger partial charge in [-0.2, -0.15) is 5.26 Å². The Morgan fingerprint density at radius 2 is 1.96 bits per heavy atom. The lowest BCUT2D eigenvalue weighted by molar-refractivity contribution is -0.384. The van der Waals surface area contributed by atoms with Crippen molar-refractivity contribution in [1.82, 2.24) is 0 Å². The summed E-state index contributed by atoms with van der Waals surface area (Å²) >= 11 is 5.84. The first-order valence-electron chi connectivity index (χ1n) is 6.63. The predicted octanol–water partition coefficient (Wildman–Crippen LogP) is 3.67. The predicted molar refractivity (Wildman–Crippen MR) is 86.1 cm³/mol. The molecule has 2 aromatic carbocycles. The van der Waals surface area contributed by atoms with E-state index in [1.54, 1.807) is 24.3 Å². The van der Waals surface area contributed by atoms with Crippen LogP contribution in [0.25, 0.3) is 0 Å². The van der Waals surface area contributed by atoms with Crippen molar-refractivity contribution in [1.29, 1.82) is 5.26 Å². The van der Waals surface area contributed by atoms with Gasteiger partial charge in [0.05, 0.1) is 22.7 Å². The Kier molecular flexibility index (Phi) is 4.94. The molecule has 0 unspecified atom stereocenters. The first kappa shape index (κ1) is 16.5. The lowest BCUT2D eigenvalue weighted by Gasteiger charge is -2.22. The first-order valence-corrected chi connectivity index (χ1v) is 7.01. The number of nitriles is 1. The second-order valence-electron chi connectivity index (χ2n) is 4.80. The first-order chi connectivity index (χ1) is 10.9. The maximum absolute atomic E-state index is 12.0. The fourth-order valence-electron chi connectivity index (χ4n) is 2.10. The molecule has 0 N–H and O–H groups in total. The van der Waals surface area contributed by atoms with E-state index in [9.17, 15) is 20.2 Å².